The van der Waals surface area contributed by atoms with Gasteiger partial charge in [-0.15, -0.1) is 0 Å². The Morgan fingerprint density at radius 3 is 2.53 bits per heavy atom. The molecule has 0 aromatic rings. The number of alkyl halides is 4. The number of rotatable bonds is 3. The van der Waals surface area contributed by atoms with Crippen molar-refractivity contribution in [3.63, 3.8) is 0 Å². The maximum Gasteiger partial charge on any atom is 0.441 e. The molecule has 2 atom stereocenters. The second-order valence-corrected chi connectivity index (χ2v) is 6.52. The highest BCUT2D eigenvalue weighted by molar-refractivity contribution is 9.09. The first-order valence-corrected chi connectivity index (χ1v) is 7.22. The normalized spacial score (nSPS) is 28.8. The number of hydrogen-bond donors (Lipinski definition) is 0. The van der Waals surface area contributed by atoms with Gasteiger partial charge in [-0.25, -0.2) is 0 Å². The molecule has 0 saturated heterocycles. The smallest absolute Gasteiger partial charge is 0.160 e. The Bertz CT molecular complexity index is 184. The van der Waals surface area contributed by atoms with Crippen LogP contribution in [0.25, 0.3) is 0 Å². The van der Waals surface area contributed by atoms with Crippen molar-refractivity contribution in [2.45, 2.75) is 48.9 Å². The van der Waals surface area contributed by atoms with Gasteiger partial charge in [0.25, 0.3) is 0 Å². The van der Waals surface area contributed by atoms with Gasteiger partial charge >= 0.3 is 5.51 Å². The van der Waals surface area contributed by atoms with Gasteiger partial charge in [0.15, 0.2) is 0 Å². The maximum absolute atomic E-state index is 11.9. The Kier molecular flexibility index (Phi) is 5.82. The summed E-state index contributed by atoms with van der Waals surface area (Å²) in [4.78, 5) is 0.515. The van der Waals surface area contributed by atoms with Crippen LogP contribution in [-0.4, -0.2) is 16.1 Å². The monoisotopic (exact) mass is 304 g/mol. The summed E-state index contributed by atoms with van der Waals surface area (Å²) in [6.45, 7) is 0. The maximum atomic E-state index is 11.9. The summed E-state index contributed by atoms with van der Waals surface area (Å²) in [5.74, 6) is 0.695. The van der Waals surface area contributed by atoms with Gasteiger partial charge in [-0.05, 0) is 25.2 Å². The lowest BCUT2D eigenvalue weighted by Crippen LogP contribution is -2.08. The van der Waals surface area contributed by atoms with E-state index in [1.54, 1.807) is 0 Å². The van der Waals surface area contributed by atoms with Crippen LogP contribution < -0.4 is 0 Å². The van der Waals surface area contributed by atoms with Crippen LogP contribution in [0.2, 0.25) is 0 Å². The zero-order valence-corrected chi connectivity index (χ0v) is 10.9. The molecule has 0 N–H and O–H groups in total. The number of hydrogen-bond acceptors (Lipinski definition) is 1. The van der Waals surface area contributed by atoms with Crippen molar-refractivity contribution < 1.29 is 13.2 Å². The summed E-state index contributed by atoms with van der Waals surface area (Å²) >= 11 is 3.70. The van der Waals surface area contributed by atoms with Crippen molar-refractivity contribution in [1.82, 2.24) is 0 Å². The minimum absolute atomic E-state index is 0.120. The lowest BCUT2D eigenvalue weighted by atomic mass is 9.98. The molecule has 0 spiro atoms. The quantitative estimate of drug-likeness (QED) is 0.524. The van der Waals surface area contributed by atoms with Gasteiger partial charge in [0.05, 0.1) is 0 Å². The summed E-state index contributed by atoms with van der Waals surface area (Å²) in [5, 5.41) is 0. The van der Waals surface area contributed by atoms with Gasteiger partial charge in [-0.1, -0.05) is 47.0 Å². The van der Waals surface area contributed by atoms with E-state index in [1.807, 2.05) is 0 Å². The predicted molar refractivity (Wildman–Crippen MR) is 62.4 cm³/mol. The molecule has 0 amide bonds. The molecule has 0 radical (unpaired) electrons. The molecule has 1 fully saturated rings. The Balaban J connectivity index is 2.19. The minimum atomic E-state index is -4.06. The van der Waals surface area contributed by atoms with Crippen molar-refractivity contribution in [2.24, 2.45) is 5.92 Å². The summed E-state index contributed by atoms with van der Waals surface area (Å²) in [6.07, 6.45) is 6.39. The predicted octanol–water partition coefficient (Wildman–Crippen LogP) is 4.97. The van der Waals surface area contributed by atoms with Gasteiger partial charge < -0.3 is 0 Å². The molecule has 2 unspecified atom stereocenters. The van der Waals surface area contributed by atoms with E-state index < -0.39 is 5.51 Å². The highest BCUT2D eigenvalue weighted by Crippen LogP contribution is 2.34. The van der Waals surface area contributed by atoms with Crippen LogP contribution in [0.15, 0.2) is 0 Å². The lowest BCUT2D eigenvalue weighted by Gasteiger charge is -2.16. The van der Waals surface area contributed by atoms with Crippen LogP contribution in [0.1, 0.15) is 38.5 Å². The molecule has 0 aliphatic heterocycles. The largest absolute Gasteiger partial charge is 0.441 e. The standard InChI is InChI=1S/C10H16BrF3S/c11-9-4-2-1-3-8(7-9)5-6-15-10(12,13)14/h8-9H,1-7H2. The molecule has 0 heterocycles. The zero-order chi connectivity index (χ0) is 11.3. The average molecular weight is 305 g/mol. The van der Waals surface area contributed by atoms with E-state index in [0.717, 1.165) is 12.8 Å². The fourth-order valence-electron chi connectivity index (χ4n) is 2.00. The summed E-state index contributed by atoms with van der Waals surface area (Å²) < 4.78 is 35.8. The van der Waals surface area contributed by atoms with Gasteiger partial charge in [0.1, 0.15) is 0 Å². The fourth-order valence-corrected chi connectivity index (χ4v) is 3.53. The van der Waals surface area contributed by atoms with E-state index >= 15 is 0 Å². The third kappa shape index (κ3) is 6.72. The third-order valence-electron chi connectivity index (χ3n) is 2.76. The molecule has 0 bridgehead atoms. The summed E-state index contributed by atoms with van der Waals surface area (Å²) in [6, 6.07) is 0. The first kappa shape index (κ1) is 13.7. The van der Waals surface area contributed by atoms with E-state index in [1.165, 1.54) is 19.3 Å². The van der Waals surface area contributed by atoms with E-state index in [4.69, 9.17) is 0 Å². The molecule has 0 aromatic carbocycles. The molecule has 1 aliphatic rings. The molecule has 90 valence electrons. The van der Waals surface area contributed by atoms with Crippen LogP contribution in [0.3, 0.4) is 0 Å². The first-order chi connectivity index (χ1) is 6.97. The minimum Gasteiger partial charge on any atom is -0.160 e. The molecule has 0 aromatic heterocycles. The SMILES string of the molecule is FC(F)(F)SCCC1CCCCC(Br)C1. The van der Waals surface area contributed by atoms with Crippen molar-refractivity contribution in [1.29, 1.82) is 0 Å². The number of thioether (sulfide) groups is 1. The molecule has 5 heteroatoms. The summed E-state index contributed by atoms with van der Waals surface area (Å²) in [5.41, 5.74) is -4.06. The fraction of sp³-hybridized carbons (Fsp3) is 1.00. The Labute approximate surface area is 102 Å². The van der Waals surface area contributed by atoms with Gasteiger partial charge in [-0.2, -0.15) is 13.2 Å². The third-order valence-corrected chi connectivity index (χ3v) is 4.36. The van der Waals surface area contributed by atoms with Crippen molar-refractivity contribution in [3.8, 4) is 0 Å². The Morgan fingerprint density at radius 1 is 1.20 bits per heavy atom. The molecule has 1 aliphatic carbocycles. The van der Waals surface area contributed by atoms with Crippen LogP contribution >= 0.6 is 27.7 Å². The average Bonchev–Trinajstić information content (AvgIpc) is 2.27. The lowest BCUT2D eigenvalue weighted by molar-refractivity contribution is -0.0328. The molecule has 1 rings (SSSR count). The second-order valence-electron chi connectivity index (χ2n) is 4.07. The van der Waals surface area contributed by atoms with E-state index in [-0.39, 0.29) is 17.5 Å². The summed E-state index contributed by atoms with van der Waals surface area (Å²) in [7, 11) is 0. The number of halogens is 4. The molecular weight excluding hydrogens is 289 g/mol. The van der Waals surface area contributed by atoms with E-state index in [2.05, 4.69) is 15.9 Å². The van der Waals surface area contributed by atoms with Crippen LogP contribution in [0.4, 0.5) is 13.2 Å². The topological polar surface area (TPSA) is 0 Å². The van der Waals surface area contributed by atoms with Crippen LogP contribution in [0.5, 0.6) is 0 Å². The molecule has 1 saturated carbocycles. The van der Waals surface area contributed by atoms with E-state index in [9.17, 15) is 13.2 Å². The first-order valence-electron chi connectivity index (χ1n) is 5.32. The van der Waals surface area contributed by atoms with Gasteiger partial charge in [0, 0.05) is 10.6 Å². The molecule has 15 heavy (non-hydrogen) atoms. The highest BCUT2D eigenvalue weighted by atomic mass is 79.9. The highest BCUT2D eigenvalue weighted by Gasteiger charge is 2.28. The van der Waals surface area contributed by atoms with Crippen molar-refractivity contribution in [3.05, 3.63) is 0 Å². The van der Waals surface area contributed by atoms with Crippen LogP contribution in [0, 0.1) is 5.92 Å². The van der Waals surface area contributed by atoms with Crippen molar-refractivity contribution in [2.75, 3.05) is 5.75 Å². The van der Waals surface area contributed by atoms with Gasteiger partial charge in [0.2, 0.25) is 0 Å². The van der Waals surface area contributed by atoms with Crippen LogP contribution in [-0.2, 0) is 0 Å². The molecular formula is C10H16BrF3S. The Morgan fingerprint density at radius 2 is 1.87 bits per heavy atom. The van der Waals surface area contributed by atoms with Gasteiger partial charge in [-0.3, -0.25) is 0 Å². The zero-order valence-electron chi connectivity index (χ0n) is 8.52. The molecule has 0 nitrogen and oxygen atoms in total. The Hall–Kier alpha value is 0.620. The van der Waals surface area contributed by atoms with E-state index in [0.29, 0.717) is 17.2 Å². The second kappa shape index (κ2) is 6.38. The van der Waals surface area contributed by atoms with Crippen molar-refractivity contribution >= 4 is 27.7 Å².